The van der Waals surface area contributed by atoms with Crippen LogP contribution in [0.5, 0.6) is 5.75 Å². The first-order valence-corrected chi connectivity index (χ1v) is 9.01. The summed E-state index contributed by atoms with van der Waals surface area (Å²) in [5.74, 6) is 0.857. The Morgan fingerprint density at radius 3 is 2.32 bits per heavy atom. The van der Waals surface area contributed by atoms with E-state index in [1.807, 2.05) is 29.5 Å². The summed E-state index contributed by atoms with van der Waals surface area (Å²) < 4.78 is 7.90. The van der Waals surface area contributed by atoms with Crippen molar-refractivity contribution in [1.29, 1.82) is 0 Å². The maximum absolute atomic E-state index is 5.30. The number of rotatable bonds is 2. The monoisotopic (exact) mass is 341 g/mol. The van der Waals surface area contributed by atoms with Crippen molar-refractivity contribution in [2.24, 2.45) is 0 Å². The zero-order valence-corrected chi connectivity index (χ0v) is 14.5. The van der Waals surface area contributed by atoms with Gasteiger partial charge in [-0.3, -0.25) is 0 Å². The van der Waals surface area contributed by atoms with Crippen molar-refractivity contribution < 1.29 is 4.74 Å². The minimum Gasteiger partial charge on any atom is -0.497 e. The van der Waals surface area contributed by atoms with Gasteiger partial charge >= 0.3 is 0 Å². The van der Waals surface area contributed by atoms with Crippen LogP contribution in [0.1, 0.15) is 0 Å². The summed E-state index contributed by atoms with van der Waals surface area (Å²) in [5.41, 5.74) is 3.18. The number of hydrogen-bond acceptors (Lipinski definition) is 3. The fourth-order valence-electron chi connectivity index (χ4n) is 3.37. The predicted octanol–water partition coefficient (Wildman–Crippen LogP) is 6.28. The molecule has 0 aliphatic heterocycles. The first-order chi connectivity index (χ1) is 12.3. The van der Waals surface area contributed by atoms with Gasteiger partial charge in [-0.25, -0.2) is 4.98 Å². The number of thiophene rings is 1. The Morgan fingerprint density at radius 1 is 0.800 bits per heavy atom. The van der Waals surface area contributed by atoms with Gasteiger partial charge in [-0.15, -0.1) is 11.3 Å². The van der Waals surface area contributed by atoms with Crippen molar-refractivity contribution in [2.45, 2.75) is 0 Å². The number of hydrogen-bond donors (Lipinski definition) is 0. The van der Waals surface area contributed by atoms with Crippen LogP contribution in [-0.2, 0) is 0 Å². The molecule has 0 atom stereocenters. The summed E-state index contributed by atoms with van der Waals surface area (Å²) in [4.78, 5) is 5.02. The summed E-state index contributed by atoms with van der Waals surface area (Å²) in [6.07, 6.45) is 0. The number of para-hydroxylation sites is 1. The lowest BCUT2D eigenvalue weighted by Gasteiger charge is -2.08. The Balaban J connectivity index is 1.95. The molecule has 0 radical (unpaired) electrons. The molecule has 0 unspecified atom stereocenters. The predicted molar refractivity (Wildman–Crippen MR) is 107 cm³/mol. The Kier molecular flexibility index (Phi) is 3.22. The lowest BCUT2D eigenvalue weighted by molar-refractivity contribution is 0.415. The number of fused-ring (bicyclic) bond motifs is 5. The van der Waals surface area contributed by atoms with Gasteiger partial charge in [0.15, 0.2) is 0 Å². The molecule has 0 saturated carbocycles. The van der Waals surface area contributed by atoms with Crippen LogP contribution in [0.15, 0.2) is 72.8 Å². The van der Waals surface area contributed by atoms with E-state index in [0.717, 1.165) is 22.5 Å². The quantitative estimate of drug-likeness (QED) is 0.377. The largest absolute Gasteiger partial charge is 0.497 e. The lowest BCUT2D eigenvalue weighted by Crippen LogP contribution is -1.88. The van der Waals surface area contributed by atoms with Crippen LogP contribution in [-0.4, -0.2) is 12.1 Å². The van der Waals surface area contributed by atoms with Gasteiger partial charge < -0.3 is 4.74 Å². The number of ether oxygens (including phenoxy) is 1. The zero-order chi connectivity index (χ0) is 16.8. The van der Waals surface area contributed by atoms with E-state index in [0.29, 0.717) is 0 Å². The Hall–Kier alpha value is -2.91. The van der Waals surface area contributed by atoms with Gasteiger partial charge in [-0.2, -0.15) is 0 Å². The number of pyridine rings is 1. The highest BCUT2D eigenvalue weighted by molar-refractivity contribution is 7.26. The van der Waals surface area contributed by atoms with Crippen molar-refractivity contribution in [1.82, 2.24) is 4.98 Å². The van der Waals surface area contributed by atoms with Gasteiger partial charge in [0.25, 0.3) is 0 Å². The fraction of sp³-hybridized carbons (Fsp3) is 0.0455. The number of methoxy groups -OCH3 is 1. The molecule has 5 aromatic rings. The van der Waals surface area contributed by atoms with E-state index in [1.165, 1.54) is 25.6 Å². The number of benzene rings is 3. The van der Waals surface area contributed by atoms with Crippen LogP contribution in [0.3, 0.4) is 0 Å². The Morgan fingerprint density at radius 2 is 1.52 bits per heavy atom. The second kappa shape index (κ2) is 5.57. The van der Waals surface area contributed by atoms with E-state index in [4.69, 9.17) is 9.72 Å². The first-order valence-electron chi connectivity index (χ1n) is 8.19. The topological polar surface area (TPSA) is 22.1 Å². The third kappa shape index (κ3) is 2.20. The molecule has 2 nitrogen and oxygen atoms in total. The summed E-state index contributed by atoms with van der Waals surface area (Å²) >= 11 is 1.84. The first kappa shape index (κ1) is 14.4. The molecule has 3 heteroatoms. The normalized spacial score (nSPS) is 11.4. The standard InChI is InChI=1S/C22H15NOS/c1-24-15-12-10-14(11-13-15)21-20-17-7-3-5-9-19(17)25-22(20)16-6-2-4-8-18(16)23-21/h2-13H,1H3. The molecule has 0 aliphatic carbocycles. The van der Waals surface area contributed by atoms with E-state index >= 15 is 0 Å². The molecule has 0 spiro atoms. The maximum atomic E-state index is 5.30. The zero-order valence-electron chi connectivity index (χ0n) is 13.7. The number of nitrogens with zero attached hydrogens (tertiary/aromatic N) is 1. The van der Waals surface area contributed by atoms with E-state index in [-0.39, 0.29) is 0 Å². The van der Waals surface area contributed by atoms with Crippen LogP contribution < -0.4 is 4.74 Å². The average molecular weight is 341 g/mol. The molecule has 2 heterocycles. The van der Waals surface area contributed by atoms with Gasteiger partial charge in [0.1, 0.15) is 5.75 Å². The third-order valence-corrected chi connectivity index (χ3v) is 5.78. The minimum atomic E-state index is 0.857. The summed E-state index contributed by atoms with van der Waals surface area (Å²) in [5, 5.41) is 3.73. The maximum Gasteiger partial charge on any atom is 0.118 e. The highest BCUT2D eigenvalue weighted by atomic mass is 32.1. The fourth-order valence-corrected chi connectivity index (χ4v) is 4.61. The molecule has 0 saturated heterocycles. The van der Waals surface area contributed by atoms with Gasteiger partial charge in [0, 0.05) is 31.1 Å². The SMILES string of the molecule is COc1ccc(-c2nc3ccccc3c3sc4ccccc4c23)cc1. The molecule has 3 aromatic carbocycles. The molecule has 0 bridgehead atoms. The highest BCUT2D eigenvalue weighted by Gasteiger charge is 2.15. The van der Waals surface area contributed by atoms with Crippen LogP contribution in [0.4, 0.5) is 0 Å². The van der Waals surface area contributed by atoms with Crippen LogP contribution in [0.2, 0.25) is 0 Å². The second-order valence-electron chi connectivity index (χ2n) is 6.01. The van der Waals surface area contributed by atoms with Gasteiger partial charge in [-0.05, 0) is 36.4 Å². The Bertz CT molecular complexity index is 1220. The van der Waals surface area contributed by atoms with Crippen molar-refractivity contribution >= 4 is 42.4 Å². The van der Waals surface area contributed by atoms with E-state index < -0.39 is 0 Å². The van der Waals surface area contributed by atoms with Crippen molar-refractivity contribution in [3.8, 4) is 17.0 Å². The minimum absolute atomic E-state index is 0.857. The van der Waals surface area contributed by atoms with Gasteiger partial charge in [0.2, 0.25) is 0 Å². The molecule has 0 amide bonds. The van der Waals surface area contributed by atoms with E-state index in [1.54, 1.807) is 7.11 Å². The van der Waals surface area contributed by atoms with Gasteiger partial charge in [-0.1, -0.05) is 36.4 Å². The smallest absolute Gasteiger partial charge is 0.118 e. The molecule has 2 aromatic heterocycles. The molecular weight excluding hydrogens is 326 g/mol. The molecule has 120 valence electrons. The molecule has 0 fully saturated rings. The van der Waals surface area contributed by atoms with Crippen molar-refractivity contribution in [3.63, 3.8) is 0 Å². The third-order valence-electron chi connectivity index (χ3n) is 4.58. The summed E-state index contributed by atoms with van der Waals surface area (Å²) in [6.45, 7) is 0. The second-order valence-corrected chi connectivity index (χ2v) is 7.06. The average Bonchev–Trinajstić information content (AvgIpc) is 3.07. The highest BCUT2D eigenvalue weighted by Crippen LogP contribution is 2.42. The lowest BCUT2D eigenvalue weighted by atomic mass is 10.0. The van der Waals surface area contributed by atoms with E-state index in [9.17, 15) is 0 Å². The summed E-state index contributed by atoms with van der Waals surface area (Å²) in [7, 11) is 1.69. The van der Waals surface area contributed by atoms with Crippen molar-refractivity contribution in [2.75, 3.05) is 7.11 Å². The molecular formula is C22H15NOS. The van der Waals surface area contributed by atoms with Crippen LogP contribution in [0.25, 0.3) is 42.3 Å². The van der Waals surface area contributed by atoms with Crippen molar-refractivity contribution in [3.05, 3.63) is 72.8 Å². The van der Waals surface area contributed by atoms with Crippen LogP contribution in [0, 0.1) is 0 Å². The molecule has 5 rings (SSSR count). The Labute approximate surface area is 149 Å². The van der Waals surface area contributed by atoms with Crippen LogP contribution >= 0.6 is 11.3 Å². The molecule has 0 aliphatic rings. The van der Waals surface area contributed by atoms with Gasteiger partial charge in [0.05, 0.1) is 18.3 Å². The molecule has 0 N–H and O–H groups in total. The summed E-state index contributed by atoms with van der Waals surface area (Å²) in [6, 6.07) is 25.1. The van der Waals surface area contributed by atoms with E-state index in [2.05, 4.69) is 54.6 Å². The molecule has 25 heavy (non-hydrogen) atoms. The number of aromatic nitrogens is 1.